The van der Waals surface area contributed by atoms with Gasteiger partial charge in [0.25, 0.3) is 10.0 Å². The molecule has 0 spiro atoms. The van der Waals surface area contributed by atoms with Crippen molar-refractivity contribution >= 4 is 54.8 Å². The molecule has 1 heterocycles. The Kier molecular flexibility index (Phi) is 6.67. The van der Waals surface area contributed by atoms with E-state index >= 15 is 0 Å². The Balaban J connectivity index is 2.18. The summed E-state index contributed by atoms with van der Waals surface area (Å²) in [5, 5.41) is 0.952. The monoisotopic (exact) mass is 460 g/mol. The van der Waals surface area contributed by atoms with Crippen molar-refractivity contribution in [3.8, 4) is 5.75 Å². The fraction of sp³-hybridized carbons (Fsp3) is 0.278. The zero-order valence-electron chi connectivity index (χ0n) is 15.2. The minimum atomic E-state index is -3.93. The third kappa shape index (κ3) is 4.36. The minimum Gasteiger partial charge on any atom is -0.497 e. The first-order valence-corrected chi connectivity index (χ1v) is 11.4. The number of thiazole rings is 1. The van der Waals surface area contributed by atoms with E-state index in [-0.39, 0.29) is 9.70 Å². The van der Waals surface area contributed by atoms with E-state index in [1.54, 1.807) is 28.8 Å². The third-order valence-corrected chi connectivity index (χ3v) is 7.19. The maximum atomic E-state index is 12.8. The number of sulfonamides is 1. The van der Waals surface area contributed by atoms with Crippen molar-refractivity contribution in [2.75, 3.05) is 20.3 Å². The van der Waals surface area contributed by atoms with Crippen molar-refractivity contribution in [3.63, 3.8) is 0 Å². The van der Waals surface area contributed by atoms with E-state index in [0.29, 0.717) is 45.8 Å². The molecule has 0 atom stereocenters. The summed E-state index contributed by atoms with van der Waals surface area (Å²) in [6.07, 6.45) is 0. The first-order chi connectivity index (χ1) is 13.4. The predicted molar refractivity (Wildman–Crippen MR) is 112 cm³/mol. The van der Waals surface area contributed by atoms with Crippen LogP contribution in [0.3, 0.4) is 0 Å². The van der Waals surface area contributed by atoms with Crippen LogP contribution < -0.4 is 9.54 Å². The average molecular weight is 461 g/mol. The van der Waals surface area contributed by atoms with Crippen molar-refractivity contribution < 1.29 is 17.9 Å². The summed E-state index contributed by atoms with van der Waals surface area (Å²) in [4.78, 5) is 0.347. The van der Waals surface area contributed by atoms with E-state index in [2.05, 4.69) is 4.40 Å². The fourth-order valence-electron chi connectivity index (χ4n) is 2.59. The number of methoxy groups -OCH3 is 1. The molecule has 0 N–H and O–H groups in total. The molecular formula is C18H18Cl2N2O4S2. The molecule has 1 aromatic heterocycles. The number of benzene rings is 2. The van der Waals surface area contributed by atoms with Crippen LogP contribution in [0.25, 0.3) is 10.2 Å². The quantitative estimate of drug-likeness (QED) is 0.491. The molecule has 2 aromatic carbocycles. The zero-order valence-corrected chi connectivity index (χ0v) is 18.3. The lowest BCUT2D eigenvalue weighted by Crippen LogP contribution is -2.20. The Hall–Kier alpha value is -1.58. The van der Waals surface area contributed by atoms with Crippen LogP contribution in [0.1, 0.15) is 6.92 Å². The number of nitrogens with zero attached hydrogens (tertiary/aromatic N) is 2. The molecule has 0 amide bonds. The van der Waals surface area contributed by atoms with Gasteiger partial charge in [0.15, 0.2) is 0 Å². The molecule has 0 aliphatic heterocycles. The first-order valence-electron chi connectivity index (χ1n) is 8.37. The summed E-state index contributed by atoms with van der Waals surface area (Å²) in [6.45, 7) is 3.22. The molecule has 6 nitrogen and oxygen atoms in total. The van der Waals surface area contributed by atoms with E-state index < -0.39 is 10.0 Å². The molecule has 150 valence electrons. The molecule has 0 radical (unpaired) electrons. The van der Waals surface area contributed by atoms with Gasteiger partial charge < -0.3 is 14.0 Å². The van der Waals surface area contributed by atoms with Crippen molar-refractivity contribution in [1.82, 2.24) is 4.57 Å². The van der Waals surface area contributed by atoms with Crippen LogP contribution in [-0.2, 0) is 21.3 Å². The highest BCUT2D eigenvalue weighted by molar-refractivity contribution is 7.90. The Morgan fingerprint density at radius 1 is 1.11 bits per heavy atom. The maximum Gasteiger partial charge on any atom is 0.285 e. The lowest BCUT2D eigenvalue weighted by atomic mass is 10.3. The first kappa shape index (κ1) is 21.1. The molecule has 10 heteroatoms. The third-order valence-electron chi connectivity index (χ3n) is 3.95. The molecule has 3 rings (SSSR count). The molecule has 0 aliphatic carbocycles. The summed E-state index contributed by atoms with van der Waals surface area (Å²) in [7, 11) is -2.42. The molecule has 28 heavy (non-hydrogen) atoms. The SMILES string of the molecule is CCOCCn1c(=NS(=O)(=O)c2ccc(OC)cc2)sc2c(Cl)ccc(Cl)c21. The number of fused-ring (bicyclic) bond motifs is 1. The molecule has 0 aliphatic rings. The smallest absolute Gasteiger partial charge is 0.285 e. The Morgan fingerprint density at radius 2 is 1.79 bits per heavy atom. The Labute approximate surface area is 177 Å². The summed E-state index contributed by atoms with van der Waals surface area (Å²) in [5.41, 5.74) is 0.641. The molecule has 0 saturated heterocycles. The number of ether oxygens (including phenoxy) is 2. The Morgan fingerprint density at radius 3 is 2.43 bits per heavy atom. The van der Waals surface area contributed by atoms with Crippen LogP contribution in [0.5, 0.6) is 5.75 Å². The van der Waals surface area contributed by atoms with Gasteiger partial charge in [-0.15, -0.1) is 4.40 Å². The van der Waals surface area contributed by atoms with Gasteiger partial charge in [-0.3, -0.25) is 0 Å². The molecule has 0 unspecified atom stereocenters. The van der Waals surface area contributed by atoms with Crippen molar-refractivity contribution in [2.45, 2.75) is 18.4 Å². The molecule has 0 fully saturated rings. The number of aromatic nitrogens is 1. The summed E-state index contributed by atoms with van der Waals surface area (Å²) in [5.74, 6) is 0.561. The van der Waals surface area contributed by atoms with Crippen molar-refractivity contribution in [3.05, 3.63) is 51.2 Å². The standard InChI is InChI=1S/C18H18Cl2N2O4S2/c1-3-26-11-10-22-16-14(19)8-9-15(20)17(16)27-18(22)21-28(23,24)13-6-4-12(25-2)5-7-13/h4-9H,3,10-11H2,1-2H3. The topological polar surface area (TPSA) is 69.9 Å². The minimum absolute atomic E-state index is 0.0688. The van der Waals surface area contributed by atoms with Gasteiger partial charge in [0.1, 0.15) is 5.75 Å². The molecule has 0 saturated carbocycles. The molecule has 3 aromatic rings. The fourth-order valence-corrected chi connectivity index (χ4v) is 5.47. The predicted octanol–water partition coefficient (Wildman–Crippen LogP) is 4.34. The van der Waals surface area contributed by atoms with E-state index in [1.807, 2.05) is 6.92 Å². The zero-order chi connectivity index (χ0) is 20.3. The van der Waals surface area contributed by atoms with E-state index in [9.17, 15) is 8.42 Å². The van der Waals surface area contributed by atoms with Gasteiger partial charge in [0.2, 0.25) is 4.80 Å². The highest BCUT2D eigenvalue weighted by Gasteiger charge is 2.17. The van der Waals surface area contributed by atoms with Crippen LogP contribution in [0.15, 0.2) is 45.7 Å². The van der Waals surface area contributed by atoms with Gasteiger partial charge in [0, 0.05) is 13.2 Å². The van der Waals surface area contributed by atoms with Crippen molar-refractivity contribution in [2.24, 2.45) is 4.40 Å². The second kappa shape index (κ2) is 8.84. The van der Waals surface area contributed by atoms with Gasteiger partial charge in [-0.25, -0.2) is 0 Å². The largest absolute Gasteiger partial charge is 0.497 e. The lowest BCUT2D eigenvalue weighted by molar-refractivity contribution is 0.139. The summed E-state index contributed by atoms with van der Waals surface area (Å²) in [6, 6.07) is 9.41. The van der Waals surface area contributed by atoms with Crippen LogP contribution in [0, 0.1) is 0 Å². The van der Waals surface area contributed by atoms with Crippen molar-refractivity contribution in [1.29, 1.82) is 0 Å². The molecule has 0 bridgehead atoms. The maximum absolute atomic E-state index is 12.8. The number of rotatable bonds is 7. The van der Waals surface area contributed by atoms with Crippen LogP contribution in [0.2, 0.25) is 10.0 Å². The lowest BCUT2D eigenvalue weighted by Gasteiger charge is -2.07. The van der Waals surface area contributed by atoms with Crippen LogP contribution in [0.4, 0.5) is 0 Å². The summed E-state index contributed by atoms with van der Waals surface area (Å²) >= 11 is 13.8. The average Bonchev–Trinajstić information content (AvgIpc) is 3.04. The van der Waals surface area contributed by atoms with E-state index in [4.69, 9.17) is 32.7 Å². The van der Waals surface area contributed by atoms with Gasteiger partial charge in [-0.05, 0) is 43.3 Å². The summed E-state index contributed by atoms with van der Waals surface area (Å²) < 4.78 is 42.6. The highest BCUT2D eigenvalue weighted by Crippen LogP contribution is 2.32. The highest BCUT2D eigenvalue weighted by atomic mass is 35.5. The normalized spacial score (nSPS) is 12.6. The van der Waals surface area contributed by atoms with Crippen LogP contribution in [-0.4, -0.2) is 33.3 Å². The Bertz CT molecular complexity index is 1150. The van der Waals surface area contributed by atoms with Crippen LogP contribution >= 0.6 is 34.5 Å². The number of hydrogen-bond donors (Lipinski definition) is 0. The van der Waals surface area contributed by atoms with Gasteiger partial charge in [-0.2, -0.15) is 8.42 Å². The second-order valence-electron chi connectivity index (χ2n) is 5.68. The van der Waals surface area contributed by atoms with Gasteiger partial charge in [0.05, 0.1) is 38.9 Å². The number of halogens is 2. The number of hydrogen-bond acceptors (Lipinski definition) is 5. The van der Waals surface area contributed by atoms with Gasteiger partial charge in [-0.1, -0.05) is 34.5 Å². The van der Waals surface area contributed by atoms with Gasteiger partial charge >= 0.3 is 0 Å². The second-order valence-corrected chi connectivity index (χ2v) is 9.08. The van der Waals surface area contributed by atoms with E-state index in [0.717, 1.165) is 0 Å². The molecular weight excluding hydrogens is 443 g/mol. The van der Waals surface area contributed by atoms with E-state index in [1.165, 1.54) is 30.6 Å².